The third kappa shape index (κ3) is 3.30. The fraction of sp³-hybridized carbons (Fsp3) is 0.286. The standard InChI is InChI=1S/C21H22N2O4/c1-11(2)16-17(21(25)27-20(16)24)12(3)18-13(4)26-19(22-18)14-7-9-15(10-8-14)23(5)6/h7-10H,1-6H3. The number of allylic oxidation sites excluding steroid dienone is 2. The lowest BCUT2D eigenvalue weighted by atomic mass is 9.97. The zero-order chi connectivity index (χ0) is 19.9. The molecule has 1 saturated heterocycles. The van der Waals surface area contributed by atoms with Crippen molar-refractivity contribution in [2.45, 2.75) is 27.7 Å². The molecule has 0 N–H and O–H groups in total. The molecule has 1 aromatic carbocycles. The van der Waals surface area contributed by atoms with Gasteiger partial charge < -0.3 is 14.1 Å². The topological polar surface area (TPSA) is 72.6 Å². The molecule has 0 radical (unpaired) electrons. The summed E-state index contributed by atoms with van der Waals surface area (Å²) in [7, 11) is 3.95. The molecule has 2 aromatic rings. The molecule has 0 bridgehead atoms. The molecule has 1 aromatic heterocycles. The summed E-state index contributed by atoms with van der Waals surface area (Å²) >= 11 is 0. The van der Waals surface area contributed by atoms with E-state index in [9.17, 15) is 9.59 Å². The van der Waals surface area contributed by atoms with Gasteiger partial charge in [0.15, 0.2) is 0 Å². The molecule has 0 unspecified atom stereocenters. The van der Waals surface area contributed by atoms with Crippen LogP contribution >= 0.6 is 0 Å². The van der Waals surface area contributed by atoms with Crippen molar-refractivity contribution in [3.05, 3.63) is 52.4 Å². The monoisotopic (exact) mass is 366 g/mol. The Kier molecular flexibility index (Phi) is 4.74. The van der Waals surface area contributed by atoms with Crippen molar-refractivity contribution in [2.75, 3.05) is 19.0 Å². The van der Waals surface area contributed by atoms with E-state index in [1.54, 1.807) is 27.7 Å². The van der Waals surface area contributed by atoms with E-state index in [4.69, 9.17) is 9.15 Å². The number of esters is 2. The summed E-state index contributed by atoms with van der Waals surface area (Å²) < 4.78 is 10.6. The van der Waals surface area contributed by atoms with Crippen molar-refractivity contribution < 1.29 is 18.7 Å². The minimum atomic E-state index is -0.645. The lowest BCUT2D eigenvalue weighted by molar-refractivity contribution is -0.149. The van der Waals surface area contributed by atoms with Crippen LogP contribution in [0, 0.1) is 6.92 Å². The molecule has 6 nitrogen and oxygen atoms in total. The van der Waals surface area contributed by atoms with E-state index in [2.05, 4.69) is 4.98 Å². The van der Waals surface area contributed by atoms with Gasteiger partial charge in [0.05, 0.1) is 11.1 Å². The van der Waals surface area contributed by atoms with E-state index >= 15 is 0 Å². The van der Waals surface area contributed by atoms with Crippen molar-refractivity contribution >= 4 is 23.2 Å². The number of cyclic esters (lactones) is 2. The number of oxazole rings is 1. The van der Waals surface area contributed by atoms with Crippen LogP contribution in [-0.2, 0) is 14.3 Å². The number of anilines is 1. The SMILES string of the molecule is CC(C)=C1C(=O)OC(=O)C1=C(C)c1nc(-c2ccc(N(C)C)cc2)oc1C. The van der Waals surface area contributed by atoms with Gasteiger partial charge in [0.25, 0.3) is 0 Å². The second-order valence-electron chi connectivity index (χ2n) is 6.92. The fourth-order valence-corrected chi connectivity index (χ4v) is 3.07. The zero-order valence-corrected chi connectivity index (χ0v) is 16.3. The van der Waals surface area contributed by atoms with Gasteiger partial charge >= 0.3 is 11.9 Å². The zero-order valence-electron chi connectivity index (χ0n) is 16.3. The maximum atomic E-state index is 12.2. The minimum Gasteiger partial charge on any atom is -0.441 e. The van der Waals surface area contributed by atoms with E-state index in [0.717, 1.165) is 16.8 Å². The van der Waals surface area contributed by atoms with Gasteiger partial charge in [-0.05, 0) is 57.5 Å². The maximum absolute atomic E-state index is 12.2. The van der Waals surface area contributed by atoms with Crippen LogP contribution in [0.25, 0.3) is 17.0 Å². The number of nitrogens with zero attached hydrogens (tertiary/aromatic N) is 2. The van der Waals surface area contributed by atoms with E-state index in [-0.39, 0.29) is 5.57 Å². The van der Waals surface area contributed by atoms with Gasteiger partial charge in [-0.15, -0.1) is 0 Å². The third-order valence-electron chi connectivity index (χ3n) is 4.50. The van der Waals surface area contributed by atoms with Crippen LogP contribution in [0.15, 0.2) is 45.4 Å². The van der Waals surface area contributed by atoms with Crippen LogP contribution in [0.2, 0.25) is 0 Å². The lowest BCUT2D eigenvalue weighted by Gasteiger charge is -2.11. The molecule has 2 heterocycles. The Morgan fingerprint density at radius 3 is 2.11 bits per heavy atom. The number of rotatable bonds is 3. The molecular formula is C21H22N2O4. The summed E-state index contributed by atoms with van der Waals surface area (Å²) in [5.41, 5.74) is 4.30. The highest BCUT2D eigenvalue weighted by Gasteiger charge is 2.37. The molecule has 27 heavy (non-hydrogen) atoms. The van der Waals surface area contributed by atoms with Gasteiger partial charge in [-0.3, -0.25) is 0 Å². The van der Waals surface area contributed by atoms with Crippen LogP contribution in [-0.4, -0.2) is 31.0 Å². The Balaban J connectivity index is 2.07. The molecule has 0 spiro atoms. The number of ether oxygens (including phenoxy) is 1. The molecule has 1 aliphatic heterocycles. The second-order valence-corrected chi connectivity index (χ2v) is 6.92. The van der Waals surface area contributed by atoms with Gasteiger partial charge in [0.1, 0.15) is 11.5 Å². The first kappa shape index (κ1) is 18.6. The van der Waals surface area contributed by atoms with Crippen LogP contribution < -0.4 is 4.90 Å². The predicted octanol–water partition coefficient (Wildman–Crippen LogP) is 3.91. The molecule has 0 atom stereocenters. The first-order valence-corrected chi connectivity index (χ1v) is 8.61. The van der Waals surface area contributed by atoms with Gasteiger partial charge in [-0.25, -0.2) is 14.6 Å². The normalized spacial score (nSPS) is 15.9. The molecule has 6 heteroatoms. The number of carbonyl (C=O) groups excluding carboxylic acids is 2. The molecule has 0 saturated carbocycles. The maximum Gasteiger partial charge on any atom is 0.347 e. The first-order chi connectivity index (χ1) is 12.7. The quantitative estimate of drug-likeness (QED) is 0.466. The molecular weight excluding hydrogens is 344 g/mol. The average Bonchev–Trinajstić information content (AvgIpc) is 3.13. The van der Waals surface area contributed by atoms with Crippen molar-refractivity contribution in [3.8, 4) is 11.5 Å². The van der Waals surface area contributed by atoms with Crippen LogP contribution in [0.5, 0.6) is 0 Å². The molecule has 0 amide bonds. The molecule has 140 valence electrons. The van der Waals surface area contributed by atoms with Gasteiger partial charge in [0.2, 0.25) is 5.89 Å². The Morgan fingerprint density at radius 2 is 1.56 bits per heavy atom. The second kappa shape index (κ2) is 6.87. The minimum absolute atomic E-state index is 0.255. The molecule has 1 fully saturated rings. The lowest BCUT2D eigenvalue weighted by Crippen LogP contribution is -2.07. The van der Waals surface area contributed by atoms with Crippen LogP contribution in [0.3, 0.4) is 0 Å². The number of hydrogen-bond acceptors (Lipinski definition) is 6. The highest BCUT2D eigenvalue weighted by atomic mass is 16.6. The van der Waals surface area contributed by atoms with Gasteiger partial charge in [-0.1, -0.05) is 5.57 Å². The summed E-state index contributed by atoms with van der Waals surface area (Å²) in [4.78, 5) is 30.8. The van der Waals surface area contributed by atoms with Crippen molar-refractivity contribution in [1.82, 2.24) is 4.98 Å². The van der Waals surface area contributed by atoms with Gasteiger partial charge in [-0.2, -0.15) is 0 Å². The predicted molar refractivity (Wildman–Crippen MR) is 103 cm³/mol. The smallest absolute Gasteiger partial charge is 0.347 e. The van der Waals surface area contributed by atoms with E-state index < -0.39 is 11.9 Å². The van der Waals surface area contributed by atoms with Crippen molar-refractivity contribution in [3.63, 3.8) is 0 Å². The van der Waals surface area contributed by atoms with E-state index in [1.165, 1.54) is 0 Å². The highest BCUT2D eigenvalue weighted by molar-refractivity contribution is 6.22. The molecule has 3 rings (SSSR count). The van der Waals surface area contributed by atoms with Crippen LogP contribution in [0.1, 0.15) is 32.2 Å². The Labute approximate surface area is 158 Å². The summed E-state index contributed by atoms with van der Waals surface area (Å²) in [6.45, 7) is 7.09. The first-order valence-electron chi connectivity index (χ1n) is 8.61. The third-order valence-corrected chi connectivity index (χ3v) is 4.50. The van der Waals surface area contributed by atoms with Crippen molar-refractivity contribution in [1.29, 1.82) is 0 Å². The summed E-state index contributed by atoms with van der Waals surface area (Å²) in [5, 5.41) is 0. The highest BCUT2D eigenvalue weighted by Crippen LogP contribution is 2.34. The van der Waals surface area contributed by atoms with E-state index in [0.29, 0.717) is 28.5 Å². The largest absolute Gasteiger partial charge is 0.441 e. The van der Waals surface area contributed by atoms with Crippen LogP contribution in [0.4, 0.5) is 5.69 Å². The number of carbonyl (C=O) groups is 2. The number of hydrogen-bond donors (Lipinski definition) is 0. The van der Waals surface area contributed by atoms with Crippen molar-refractivity contribution in [2.24, 2.45) is 0 Å². The molecule has 0 aliphatic carbocycles. The number of aryl methyl sites for hydroxylation is 1. The Bertz CT molecular complexity index is 988. The number of aromatic nitrogens is 1. The van der Waals surface area contributed by atoms with Gasteiger partial charge in [0, 0.05) is 25.3 Å². The van der Waals surface area contributed by atoms with E-state index in [1.807, 2.05) is 43.3 Å². The summed E-state index contributed by atoms with van der Waals surface area (Å²) in [6.07, 6.45) is 0. The fourth-order valence-electron chi connectivity index (χ4n) is 3.07. The number of benzene rings is 1. The average molecular weight is 366 g/mol. The molecule has 1 aliphatic rings. The summed E-state index contributed by atoms with van der Waals surface area (Å²) in [6, 6.07) is 7.83. The summed E-state index contributed by atoms with van der Waals surface area (Å²) in [5.74, 6) is -0.223. The Hall–Kier alpha value is -3.15. The Morgan fingerprint density at radius 1 is 0.963 bits per heavy atom.